The lowest BCUT2D eigenvalue weighted by atomic mass is 10.0. The number of hydrogen-bond acceptors (Lipinski definition) is 2. The highest BCUT2D eigenvalue weighted by Crippen LogP contribution is 2.08. The molecule has 0 aliphatic rings. The molecule has 0 aromatic carbocycles. The summed E-state index contributed by atoms with van der Waals surface area (Å²) in [6.07, 6.45) is 3.88. The van der Waals surface area contributed by atoms with Gasteiger partial charge in [-0.1, -0.05) is 18.6 Å². The van der Waals surface area contributed by atoms with Crippen molar-refractivity contribution in [2.75, 3.05) is 6.61 Å². The average molecular weight is 170 g/mol. The number of rotatable bonds is 5. The molecule has 0 fully saturated rings. The predicted molar refractivity (Wildman–Crippen MR) is 49.9 cm³/mol. The molecule has 1 N–H and O–H groups in total. The largest absolute Gasteiger partial charge is 0.389 e. The lowest BCUT2D eigenvalue weighted by Crippen LogP contribution is -2.14. The molecule has 0 rings (SSSR count). The van der Waals surface area contributed by atoms with E-state index < -0.39 is 0 Å². The minimum Gasteiger partial charge on any atom is -0.389 e. The van der Waals surface area contributed by atoms with Crippen molar-refractivity contribution in [1.29, 1.82) is 0 Å². The van der Waals surface area contributed by atoms with Gasteiger partial charge in [0.2, 0.25) is 0 Å². The van der Waals surface area contributed by atoms with Gasteiger partial charge in [-0.05, 0) is 26.7 Å². The number of carbonyl (C=O) groups is 1. The lowest BCUT2D eigenvalue weighted by Gasteiger charge is -2.05. The van der Waals surface area contributed by atoms with Crippen LogP contribution < -0.4 is 0 Å². The predicted octanol–water partition coefficient (Wildman–Crippen LogP) is 1.93. The van der Waals surface area contributed by atoms with E-state index in [-0.39, 0.29) is 18.3 Å². The first-order valence-electron chi connectivity index (χ1n) is 4.35. The summed E-state index contributed by atoms with van der Waals surface area (Å²) in [5.41, 5.74) is 1.28. The van der Waals surface area contributed by atoms with Crippen molar-refractivity contribution in [1.82, 2.24) is 0 Å². The quantitative estimate of drug-likeness (QED) is 0.640. The highest BCUT2D eigenvalue weighted by Gasteiger charge is 2.09. The molecule has 0 aliphatic heterocycles. The zero-order chi connectivity index (χ0) is 9.56. The van der Waals surface area contributed by atoms with Crippen LogP contribution in [0.2, 0.25) is 0 Å². The Kier molecular flexibility index (Phi) is 5.64. The molecule has 2 nitrogen and oxygen atoms in total. The highest BCUT2D eigenvalue weighted by molar-refractivity contribution is 5.81. The summed E-state index contributed by atoms with van der Waals surface area (Å²) < 4.78 is 0. The Bertz CT molecular complexity index is 167. The molecule has 0 aromatic rings. The third-order valence-corrected chi connectivity index (χ3v) is 1.86. The van der Waals surface area contributed by atoms with Gasteiger partial charge in [0.05, 0.1) is 0 Å². The first kappa shape index (κ1) is 11.4. The van der Waals surface area contributed by atoms with Crippen LogP contribution in [0.15, 0.2) is 11.6 Å². The monoisotopic (exact) mass is 170 g/mol. The fourth-order valence-corrected chi connectivity index (χ4v) is 0.939. The number of Topliss-reactive ketones (excluding diaryl/α,β-unsaturated/α-hetero) is 1. The Hall–Kier alpha value is -0.630. The van der Waals surface area contributed by atoms with Crippen LogP contribution in [0.4, 0.5) is 0 Å². The molecule has 0 bridgehead atoms. The van der Waals surface area contributed by atoms with Crippen LogP contribution in [0.25, 0.3) is 0 Å². The molecule has 1 unspecified atom stereocenters. The average Bonchev–Trinajstić information content (AvgIpc) is 2.02. The van der Waals surface area contributed by atoms with Crippen molar-refractivity contribution >= 4 is 5.78 Å². The molecule has 2 heteroatoms. The third-order valence-electron chi connectivity index (χ3n) is 1.86. The smallest absolute Gasteiger partial charge is 0.160 e. The van der Waals surface area contributed by atoms with Gasteiger partial charge in [0.1, 0.15) is 6.61 Å². The van der Waals surface area contributed by atoms with E-state index >= 15 is 0 Å². The molecule has 0 heterocycles. The number of carbonyl (C=O) groups excluding carboxylic acids is 1. The maximum Gasteiger partial charge on any atom is 0.160 e. The van der Waals surface area contributed by atoms with Crippen molar-refractivity contribution in [3.05, 3.63) is 11.6 Å². The van der Waals surface area contributed by atoms with E-state index in [0.29, 0.717) is 0 Å². The Morgan fingerprint density at radius 3 is 2.50 bits per heavy atom. The van der Waals surface area contributed by atoms with Gasteiger partial charge >= 0.3 is 0 Å². The third kappa shape index (κ3) is 5.08. The van der Waals surface area contributed by atoms with Crippen LogP contribution in [0.5, 0.6) is 0 Å². The van der Waals surface area contributed by atoms with Gasteiger partial charge in [-0.15, -0.1) is 0 Å². The summed E-state index contributed by atoms with van der Waals surface area (Å²) in [7, 11) is 0. The van der Waals surface area contributed by atoms with E-state index in [1.807, 2.05) is 20.8 Å². The Balaban J connectivity index is 3.64. The van der Waals surface area contributed by atoms with Gasteiger partial charge in [-0.3, -0.25) is 4.79 Å². The summed E-state index contributed by atoms with van der Waals surface area (Å²) in [4.78, 5) is 10.9. The zero-order valence-corrected chi connectivity index (χ0v) is 8.13. The maximum absolute atomic E-state index is 10.9. The van der Waals surface area contributed by atoms with Crippen LogP contribution >= 0.6 is 0 Å². The first-order valence-corrected chi connectivity index (χ1v) is 4.35. The highest BCUT2D eigenvalue weighted by atomic mass is 16.3. The van der Waals surface area contributed by atoms with Crippen molar-refractivity contribution in [3.63, 3.8) is 0 Å². The van der Waals surface area contributed by atoms with Gasteiger partial charge in [0, 0.05) is 5.92 Å². The van der Waals surface area contributed by atoms with Crippen LogP contribution in [0.1, 0.15) is 33.6 Å². The minimum atomic E-state index is -0.323. The second-order valence-corrected chi connectivity index (χ2v) is 3.38. The fraction of sp³-hybridized carbons (Fsp3) is 0.700. The number of allylic oxidation sites excluding steroid dienone is 2. The van der Waals surface area contributed by atoms with Crippen molar-refractivity contribution in [3.8, 4) is 0 Å². The zero-order valence-electron chi connectivity index (χ0n) is 8.13. The molecule has 12 heavy (non-hydrogen) atoms. The topological polar surface area (TPSA) is 37.3 Å². The molecule has 1 atom stereocenters. The summed E-state index contributed by atoms with van der Waals surface area (Å²) in [5.74, 6) is -0.0669. The molecule has 70 valence electrons. The van der Waals surface area contributed by atoms with E-state index in [1.165, 1.54) is 5.57 Å². The molecule has 0 aliphatic carbocycles. The van der Waals surface area contributed by atoms with E-state index in [2.05, 4.69) is 6.08 Å². The summed E-state index contributed by atoms with van der Waals surface area (Å²) >= 11 is 0. The van der Waals surface area contributed by atoms with Gasteiger partial charge in [-0.25, -0.2) is 0 Å². The summed E-state index contributed by atoms with van der Waals surface area (Å²) in [5, 5.41) is 8.55. The van der Waals surface area contributed by atoms with E-state index in [0.717, 1.165) is 12.8 Å². The van der Waals surface area contributed by atoms with Gasteiger partial charge in [-0.2, -0.15) is 0 Å². The van der Waals surface area contributed by atoms with Crippen molar-refractivity contribution < 1.29 is 9.90 Å². The number of aliphatic hydroxyl groups excluding tert-OH is 1. The van der Waals surface area contributed by atoms with E-state index in [1.54, 1.807) is 0 Å². The SMILES string of the molecule is CC(C)=CCCC(C)C(=O)CO. The van der Waals surface area contributed by atoms with Crippen LogP contribution in [0, 0.1) is 5.92 Å². The second-order valence-electron chi connectivity index (χ2n) is 3.38. The maximum atomic E-state index is 10.9. The fourth-order valence-electron chi connectivity index (χ4n) is 0.939. The van der Waals surface area contributed by atoms with Crippen LogP contribution in [-0.2, 0) is 4.79 Å². The first-order chi connectivity index (χ1) is 5.57. The van der Waals surface area contributed by atoms with Gasteiger partial charge in [0.15, 0.2) is 5.78 Å². The molecule has 0 saturated heterocycles. The van der Waals surface area contributed by atoms with Crippen LogP contribution in [-0.4, -0.2) is 17.5 Å². The lowest BCUT2D eigenvalue weighted by molar-refractivity contribution is -0.125. The van der Waals surface area contributed by atoms with Gasteiger partial charge < -0.3 is 5.11 Å². The van der Waals surface area contributed by atoms with Crippen molar-refractivity contribution in [2.24, 2.45) is 5.92 Å². The molecule has 0 radical (unpaired) electrons. The Morgan fingerprint density at radius 1 is 1.50 bits per heavy atom. The second kappa shape index (κ2) is 5.95. The molecule has 0 spiro atoms. The van der Waals surface area contributed by atoms with E-state index in [4.69, 9.17) is 5.11 Å². The van der Waals surface area contributed by atoms with E-state index in [9.17, 15) is 4.79 Å². The Labute approximate surface area is 74.3 Å². The molecular weight excluding hydrogens is 152 g/mol. The van der Waals surface area contributed by atoms with Gasteiger partial charge in [0.25, 0.3) is 0 Å². The Morgan fingerprint density at radius 2 is 2.08 bits per heavy atom. The summed E-state index contributed by atoms with van der Waals surface area (Å²) in [6, 6.07) is 0. The summed E-state index contributed by atoms with van der Waals surface area (Å²) in [6.45, 7) is 5.62. The number of hydrogen-bond donors (Lipinski definition) is 1. The molecule has 0 aromatic heterocycles. The normalized spacial score (nSPS) is 12.3. The minimum absolute atomic E-state index is 0.00870. The number of ketones is 1. The van der Waals surface area contributed by atoms with Crippen molar-refractivity contribution in [2.45, 2.75) is 33.6 Å². The molecular formula is C10H18O2. The molecule has 0 amide bonds. The number of aliphatic hydroxyl groups is 1. The van der Waals surface area contributed by atoms with Crippen LogP contribution in [0.3, 0.4) is 0 Å². The molecule has 0 saturated carbocycles. The standard InChI is InChI=1S/C10H18O2/c1-8(2)5-4-6-9(3)10(12)7-11/h5,9,11H,4,6-7H2,1-3H3.